The summed E-state index contributed by atoms with van der Waals surface area (Å²) in [5, 5.41) is 22.9. The summed E-state index contributed by atoms with van der Waals surface area (Å²) in [6.07, 6.45) is 0. The first-order chi connectivity index (χ1) is 22.8. The van der Waals surface area contributed by atoms with Crippen LogP contribution >= 0.6 is 68.0 Å². The lowest BCUT2D eigenvalue weighted by molar-refractivity contribution is 1.36. The molecular formula is C38H24N2S6. The molecule has 0 spiro atoms. The largest absolute Gasteiger partial charge is 0.293 e. The van der Waals surface area contributed by atoms with Crippen molar-refractivity contribution >= 4 is 121 Å². The molecule has 9 rings (SSSR count). The van der Waals surface area contributed by atoms with E-state index in [2.05, 4.69) is 151 Å². The molecule has 6 aromatic heterocycles. The van der Waals surface area contributed by atoms with Gasteiger partial charge < -0.3 is 0 Å². The van der Waals surface area contributed by atoms with Gasteiger partial charge in [-0.05, 0) is 139 Å². The molecule has 8 heteroatoms. The lowest BCUT2D eigenvalue weighted by Crippen LogP contribution is -2.07. The molecule has 0 saturated carbocycles. The van der Waals surface area contributed by atoms with Gasteiger partial charge in [0.25, 0.3) is 0 Å². The second-order valence-corrected chi connectivity index (χ2v) is 16.2. The van der Waals surface area contributed by atoms with Crippen molar-refractivity contribution in [2.45, 2.75) is 0 Å². The Morgan fingerprint density at radius 1 is 0.326 bits per heavy atom. The minimum atomic E-state index is 1.17. The molecule has 0 amide bonds. The third-order valence-electron chi connectivity index (χ3n) is 8.04. The molecule has 0 aliphatic rings. The van der Waals surface area contributed by atoms with Crippen LogP contribution in [-0.4, -0.2) is 0 Å². The van der Waals surface area contributed by atoms with Crippen molar-refractivity contribution in [1.29, 1.82) is 0 Å². The Labute approximate surface area is 290 Å². The van der Waals surface area contributed by atoms with Gasteiger partial charge in [0.2, 0.25) is 0 Å². The number of rotatable bonds is 8. The van der Waals surface area contributed by atoms with E-state index in [1.165, 1.54) is 73.8 Å². The van der Waals surface area contributed by atoms with Crippen LogP contribution in [0.1, 0.15) is 0 Å². The molecule has 2 nitrogen and oxygen atoms in total. The molecule has 0 radical (unpaired) electrons. The van der Waals surface area contributed by atoms with E-state index in [9.17, 15) is 0 Å². The van der Waals surface area contributed by atoms with E-state index in [-0.39, 0.29) is 0 Å². The van der Waals surface area contributed by atoms with Gasteiger partial charge in [-0.25, -0.2) is 0 Å². The van der Waals surface area contributed by atoms with Gasteiger partial charge in [0.05, 0.1) is 0 Å². The highest BCUT2D eigenvalue weighted by molar-refractivity contribution is 7.17. The zero-order valence-corrected chi connectivity index (χ0v) is 29.1. The summed E-state index contributed by atoms with van der Waals surface area (Å²) >= 11 is 10.7. The molecule has 0 bridgehead atoms. The predicted molar refractivity (Wildman–Crippen MR) is 209 cm³/mol. The molecule has 0 N–H and O–H groups in total. The minimum absolute atomic E-state index is 1.17. The van der Waals surface area contributed by atoms with Crippen LogP contribution in [0.2, 0.25) is 0 Å². The maximum Gasteiger partial charge on any atom is 0.101 e. The molecule has 222 valence electrons. The summed E-state index contributed by atoms with van der Waals surface area (Å²) in [6.45, 7) is 0. The molecule has 0 unspecified atom stereocenters. The van der Waals surface area contributed by atoms with Crippen LogP contribution in [0.3, 0.4) is 0 Å². The Morgan fingerprint density at radius 2 is 0.674 bits per heavy atom. The summed E-state index contributed by atoms with van der Waals surface area (Å²) in [5.74, 6) is 0. The molecule has 0 atom stereocenters. The topological polar surface area (TPSA) is 6.48 Å². The Kier molecular flexibility index (Phi) is 7.34. The number of fused-ring (bicyclic) bond motifs is 3. The number of thiophene rings is 6. The summed E-state index contributed by atoms with van der Waals surface area (Å²) in [4.78, 5) is 7.37. The van der Waals surface area contributed by atoms with Gasteiger partial charge in [-0.3, -0.25) is 9.80 Å². The third kappa shape index (κ3) is 4.84. The van der Waals surface area contributed by atoms with Gasteiger partial charge in [-0.15, -0.1) is 68.0 Å². The van der Waals surface area contributed by atoms with Crippen molar-refractivity contribution in [1.82, 2.24) is 0 Å². The highest BCUT2D eigenvalue weighted by atomic mass is 32.1. The molecule has 9 aromatic rings. The van der Waals surface area contributed by atoms with E-state index in [1.807, 2.05) is 22.7 Å². The maximum absolute atomic E-state index is 2.41. The van der Waals surface area contributed by atoms with Gasteiger partial charge in [-0.1, -0.05) is 24.3 Å². The van der Waals surface area contributed by atoms with Gasteiger partial charge >= 0.3 is 0 Å². The molecule has 46 heavy (non-hydrogen) atoms. The molecule has 0 fully saturated rings. The van der Waals surface area contributed by atoms with E-state index in [0.717, 1.165) is 0 Å². The van der Waals surface area contributed by atoms with E-state index in [1.54, 1.807) is 45.3 Å². The van der Waals surface area contributed by atoms with Crippen LogP contribution in [0.25, 0.3) is 42.4 Å². The zero-order chi connectivity index (χ0) is 30.5. The summed E-state index contributed by atoms with van der Waals surface area (Å²) < 4.78 is 0. The summed E-state index contributed by atoms with van der Waals surface area (Å²) in [5.41, 5.74) is 4.95. The van der Waals surface area contributed by atoms with Crippen LogP contribution in [0, 0.1) is 0 Å². The standard InChI is InChI=1S/C38H24N2S6/c1-7-31(41-17-1)37-27-15-13-25(39(33-9-3-19-43-33)34-10-4-20-44-34)23-29(27)30-24-26(14-16-28(30)38(37)32-8-2-18-42-32)40(35-11-5-21-45-35)36-12-6-22-46-36/h1-24H. The molecule has 3 aromatic carbocycles. The van der Waals surface area contributed by atoms with Crippen molar-refractivity contribution in [2.24, 2.45) is 0 Å². The fraction of sp³-hybridized carbons (Fsp3) is 0. The SMILES string of the molecule is c1csc(-c2c(-c3cccs3)c3ccc(N(c4cccs4)c4cccs4)cc3c3cc(N(c4cccs4)c4cccs4)ccc23)c1. The Hall–Kier alpha value is -4.02. The molecule has 0 aliphatic heterocycles. The molecule has 0 aliphatic carbocycles. The van der Waals surface area contributed by atoms with E-state index in [4.69, 9.17) is 0 Å². The lowest BCUT2D eigenvalue weighted by Gasteiger charge is -2.25. The number of hydrogen-bond donors (Lipinski definition) is 0. The quantitative estimate of drug-likeness (QED) is 0.146. The van der Waals surface area contributed by atoms with E-state index < -0.39 is 0 Å². The fourth-order valence-electron chi connectivity index (χ4n) is 6.16. The van der Waals surface area contributed by atoms with Crippen molar-refractivity contribution < 1.29 is 0 Å². The number of nitrogens with zero attached hydrogens (tertiary/aromatic N) is 2. The molecule has 0 saturated heterocycles. The molecule has 6 heterocycles. The van der Waals surface area contributed by atoms with Gasteiger partial charge in [0.1, 0.15) is 20.0 Å². The first-order valence-corrected chi connectivity index (χ1v) is 20.0. The van der Waals surface area contributed by atoms with E-state index in [0.29, 0.717) is 0 Å². The van der Waals surface area contributed by atoms with Crippen molar-refractivity contribution in [2.75, 3.05) is 9.80 Å². The smallest absolute Gasteiger partial charge is 0.101 e. The van der Waals surface area contributed by atoms with Crippen molar-refractivity contribution in [3.05, 3.63) is 141 Å². The van der Waals surface area contributed by atoms with Gasteiger partial charge in [-0.2, -0.15) is 0 Å². The van der Waals surface area contributed by atoms with E-state index >= 15 is 0 Å². The number of hydrogen-bond acceptors (Lipinski definition) is 8. The number of benzene rings is 3. The lowest BCUT2D eigenvalue weighted by atomic mass is 9.89. The minimum Gasteiger partial charge on any atom is -0.293 e. The highest BCUT2D eigenvalue weighted by Crippen LogP contribution is 2.50. The van der Waals surface area contributed by atoms with Crippen LogP contribution in [0.15, 0.2) is 141 Å². The van der Waals surface area contributed by atoms with Crippen LogP contribution < -0.4 is 9.80 Å². The second kappa shape index (κ2) is 12.0. The van der Waals surface area contributed by atoms with Crippen molar-refractivity contribution in [3.8, 4) is 20.9 Å². The molecular weight excluding hydrogens is 677 g/mol. The average molecular weight is 701 g/mol. The Bertz CT molecular complexity index is 2110. The number of anilines is 6. The normalized spacial score (nSPS) is 11.5. The van der Waals surface area contributed by atoms with Crippen molar-refractivity contribution in [3.63, 3.8) is 0 Å². The van der Waals surface area contributed by atoms with Crippen LogP contribution in [-0.2, 0) is 0 Å². The zero-order valence-electron chi connectivity index (χ0n) is 24.2. The first kappa shape index (κ1) is 28.2. The Balaban J connectivity index is 1.38. The van der Waals surface area contributed by atoms with Gasteiger partial charge in [0.15, 0.2) is 0 Å². The fourth-order valence-corrected chi connectivity index (χ4v) is 10.9. The summed E-state index contributed by atoms with van der Waals surface area (Å²) in [7, 11) is 0. The monoisotopic (exact) mass is 700 g/mol. The predicted octanol–water partition coefficient (Wildman–Crippen LogP) is 14.6. The summed E-state index contributed by atoms with van der Waals surface area (Å²) in [6, 6.07) is 40.4. The van der Waals surface area contributed by atoms with Crippen LogP contribution in [0.4, 0.5) is 31.4 Å². The van der Waals surface area contributed by atoms with Gasteiger partial charge in [0, 0.05) is 32.3 Å². The highest BCUT2D eigenvalue weighted by Gasteiger charge is 2.23. The second-order valence-electron chi connectivity index (χ2n) is 10.6. The van der Waals surface area contributed by atoms with Crippen LogP contribution in [0.5, 0.6) is 0 Å². The Morgan fingerprint density at radius 3 is 0.978 bits per heavy atom. The first-order valence-electron chi connectivity index (χ1n) is 14.7. The maximum atomic E-state index is 2.41. The average Bonchev–Trinajstić information content (AvgIpc) is 3.93. The third-order valence-corrected chi connectivity index (χ3v) is 13.2.